The van der Waals surface area contributed by atoms with E-state index >= 15 is 0 Å². The third-order valence-corrected chi connectivity index (χ3v) is 2.91. The van der Waals surface area contributed by atoms with Crippen molar-refractivity contribution in [3.63, 3.8) is 0 Å². The van der Waals surface area contributed by atoms with E-state index in [0.29, 0.717) is 13.0 Å². The molecular weight excluding hydrogens is 296 g/mol. The second-order valence-electron chi connectivity index (χ2n) is 4.02. The summed E-state index contributed by atoms with van der Waals surface area (Å²) in [6.07, 6.45) is -1.30. The lowest BCUT2D eigenvalue weighted by Crippen LogP contribution is -2.44. The molecule has 1 saturated heterocycles. The van der Waals surface area contributed by atoms with Gasteiger partial charge in [-0.1, -0.05) is 11.6 Å². The number of rotatable bonds is 3. The molecule has 2 rings (SSSR count). The lowest BCUT2D eigenvalue weighted by atomic mass is 10.1. The van der Waals surface area contributed by atoms with Crippen molar-refractivity contribution in [2.75, 3.05) is 13.1 Å². The van der Waals surface area contributed by atoms with Crippen LogP contribution in [0.3, 0.4) is 0 Å². The summed E-state index contributed by atoms with van der Waals surface area (Å²) in [6.45, 7) is 0.870. The maximum absolute atomic E-state index is 13.6. The summed E-state index contributed by atoms with van der Waals surface area (Å²) in [5.74, 6) is -0.692. The molecule has 5 nitrogen and oxygen atoms in total. The Labute approximate surface area is 121 Å². The number of carbonyl (C=O) groups excluding carboxylic acids is 1. The van der Waals surface area contributed by atoms with E-state index in [1.807, 2.05) is 0 Å². The van der Waals surface area contributed by atoms with Gasteiger partial charge in [-0.25, -0.2) is 9.37 Å². The van der Waals surface area contributed by atoms with Crippen LogP contribution in [0.2, 0.25) is 5.15 Å². The second kappa shape index (κ2) is 6.88. The molecule has 2 heterocycles. The van der Waals surface area contributed by atoms with E-state index in [9.17, 15) is 9.18 Å². The van der Waals surface area contributed by atoms with Crippen LogP contribution in [0.1, 0.15) is 16.8 Å². The fourth-order valence-corrected chi connectivity index (χ4v) is 1.91. The molecular formula is C11H14Cl2FN3O2. The van der Waals surface area contributed by atoms with Gasteiger partial charge in [0.05, 0.1) is 0 Å². The molecule has 1 fully saturated rings. The molecule has 1 amide bonds. The zero-order valence-corrected chi connectivity index (χ0v) is 11.5. The van der Waals surface area contributed by atoms with Gasteiger partial charge in [-0.15, -0.1) is 12.4 Å². The Morgan fingerprint density at radius 3 is 2.95 bits per heavy atom. The second-order valence-corrected chi connectivity index (χ2v) is 4.40. The number of ether oxygens (including phenoxy) is 1. The molecule has 0 aromatic carbocycles. The number of nitrogens with zero attached hydrogens (tertiary/aromatic N) is 1. The molecule has 1 aliphatic heterocycles. The van der Waals surface area contributed by atoms with Gasteiger partial charge in [0.15, 0.2) is 0 Å². The zero-order chi connectivity index (χ0) is 13.1. The highest BCUT2D eigenvalue weighted by Gasteiger charge is 2.28. The summed E-state index contributed by atoms with van der Waals surface area (Å²) in [5, 5.41) is 3.07. The van der Waals surface area contributed by atoms with Crippen LogP contribution in [0.5, 0.6) is 5.88 Å². The van der Waals surface area contributed by atoms with E-state index < -0.39 is 18.2 Å². The smallest absolute Gasteiger partial charge is 0.254 e. The van der Waals surface area contributed by atoms with Crippen molar-refractivity contribution in [2.45, 2.75) is 18.7 Å². The number of primary amides is 1. The van der Waals surface area contributed by atoms with E-state index in [2.05, 4.69) is 10.3 Å². The van der Waals surface area contributed by atoms with Crippen LogP contribution in [0.15, 0.2) is 12.1 Å². The van der Waals surface area contributed by atoms with Gasteiger partial charge in [0.2, 0.25) is 5.88 Å². The van der Waals surface area contributed by atoms with Gasteiger partial charge in [0, 0.05) is 6.54 Å². The van der Waals surface area contributed by atoms with Crippen LogP contribution in [0.4, 0.5) is 4.39 Å². The normalized spacial score (nSPS) is 22.4. The number of aromatic nitrogens is 1. The topological polar surface area (TPSA) is 77.2 Å². The summed E-state index contributed by atoms with van der Waals surface area (Å²) >= 11 is 5.73. The first-order valence-electron chi connectivity index (χ1n) is 5.55. The summed E-state index contributed by atoms with van der Waals surface area (Å²) in [5.41, 5.74) is 5.30. The molecule has 1 aromatic heterocycles. The third-order valence-electron chi connectivity index (χ3n) is 2.70. The molecule has 1 aliphatic rings. The summed E-state index contributed by atoms with van der Waals surface area (Å²) in [4.78, 5) is 15.1. The highest BCUT2D eigenvalue weighted by Crippen LogP contribution is 2.22. The van der Waals surface area contributed by atoms with Crippen LogP contribution in [-0.4, -0.2) is 36.3 Å². The number of hydrogen-bond acceptors (Lipinski definition) is 4. The summed E-state index contributed by atoms with van der Waals surface area (Å²) < 4.78 is 19.0. The number of nitrogens with one attached hydrogen (secondary N) is 1. The lowest BCUT2D eigenvalue weighted by Gasteiger charge is -2.27. The van der Waals surface area contributed by atoms with Crippen molar-refractivity contribution < 1.29 is 13.9 Å². The van der Waals surface area contributed by atoms with Gasteiger partial charge in [-0.2, -0.15) is 0 Å². The van der Waals surface area contributed by atoms with Crippen LogP contribution in [-0.2, 0) is 0 Å². The molecule has 8 heteroatoms. The van der Waals surface area contributed by atoms with Crippen molar-refractivity contribution in [1.29, 1.82) is 0 Å². The van der Waals surface area contributed by atoms with Crippen LogP contribution < -0.4 is 15.8 Å². The molecule has 0 spiro atoms. The molecule has 0 unspecified atom stereocenters. The number of halogens is 3. The molecule has 19 heavy (non-hydrogen) atoms. The van der Waals surface area contributed by atoms with E-state index in [1.165, 1.54) is 12.1 Å². The van der Waals surface area contributed by atoms with Gasteiger partial charge in [-0.05, 0) is 25.1 Å². The third kappa shape index (κ3) is 3.92. The van der Waals surface area contributed by atoms with Gasteiger partial charge >= 0.3 is 0 Å². The first kappa shape index (κ1) is 15.9. The predicted octanol–water partition coefficient (Wildman–Crippen LogP) is 1.33. The minimum atomic E-state index is -1.15. The summed E-state index contributed by atoms with van der Waals surface area (Å²) in [7, 11) is 0. The quantitative estimate of drug-likeness (QED) is 0.826. The average Bonchev–Trinajstić information content (AvgIpc) is 2.32. The molecule has 0 radical (unpaired) electrons. The molecule has 1 aromatic rings. The SMILES string of the molecule is Cl.NC(=O)c1ccc(Cl)nc1O[C@@H]1CCNC[C@H]1F. The monoisotopic (exact) mass is 309 g/mol. The Morgan fingerprint density at radius 1 is 1.58 bits per heavy atom. The van der Waals surface area contributed by atoms with Gasteiger partial charge in [0.25, 0.3) is 5.91 Å². The largest absolute Gasteiger partial charge is 0.471 e. The van der Waals surface area contributed by atoms with Crippen molar-refractivity contribution in [2.24, 2.45) is 5.73 Å². The lowest BCUT2D eigenvalue weighted by molar-refractivity contribution is 0.0676. The first-order chi connectivity index (χ1) is 8.58. The van der Waals surface area contributed by atoms with Gasteiger partial charge in [0.1, 0.15) is 23.0 Å². The molecule has 0 aliphatic carbocycles. The minimum Gasteiger partial charge on any atom is -0.471 e. The Morgan fingerprint density at radius 2 is 2.32 bits per heavy atom. The maximum Gasteiger partial charge on any atom is 0.254 e. The number of alkyl halides is 1. The van der Waals surface area contributed by atoms with Crippen molar-refractivity contribution in [3.05, 3.63) is 22.8 Å². The fourth-order valence-electron chi connectivity index (χ4n) is 1.77. The fraction of sp³-hybridized carbons (Fsp3) is 0.455. The van der Waals surface area contributed by atoms with E-state index in [-0.39, 0.29) is 35.5 Å². The van der Waals surface area contributed by atoms with Crippen molar-refractivity contribution in [1.82, 2.24) is 10.3 Å². The Kier molecular flexibility index (Phi) is 5.78. The van der Waals surface area contributed by atoms with Gasteiger partial charge < -0.3 is 15.8 Å². The van der Waals surface area contributed by atoms with Crippen LogP contribution in [0.25, 0.3) is 0 Å². The van der Waals surface area contributed by atoms with E-state index in [1.54, 1.807) is 0 Å². The number of hydrogen-bond donors (Lipinski definition) is 2. The first-order valence-corrected chi connectivity index (χ1v) is 5.93. The highest BCUT2D eigenvalue weighted by molar-refractivity contribution is 6.29. The Bertz CT molecular complexity index is 462. The highest BCUT2D eigenvalue weighted by atomic mass is 35.5. The number of carbonyl (C=O) groups is 1. The molecule has 3 N–H and O–H groups in total. The van der Waals surface area contributed by atoms with Crippen LogP contribution >= 0.6 is 24.0 Å². The average molecular weight is 310 g/mol. The number of amides is 1. The Balaban J connectivity index is 0.00000180. The molecule has 106 valence electrons. The number of nitrogens with two attached hydrogens (primary N) is 1. The van der Waals surface area contributed by atoms with Crippen LogP contribution in [0, 0.1) is 0 Å². The number of pyridine rings is 1. The Hall–Kier alpha value is -1.11. The molecule has 2 atom stereocenters. The maximum atomic E-state index is 13.6. The molecule has 0 saturated carbocycles. The zero-order valence-electron chi connectivity index (χ0n) is 9.94. The standard InChI is InChI=1S/C11H13ClFN3O2.ClH/c12-9-2-1-6(10(14)17)11(16-9)18-8-3-4-15-5-7(8)13;/h1-2,7-8,15H,3-5H2,(H2,14,17);1H/t7-,8-;/m1./s1. The van der Waals surface area contributed by atoms with E-state index in [4.69, 9.17) is 22.1 Å². The van der Waals surface area contributed by atoms with Gasteiger partial charge in [-0.3, -0.25) is 4.79 Å². The minimum absolute atomic E-state index is 0. The van der Waals surface area contributed by atoms with Crippen molar-refractivity contribution in [3.8, 4) is 5.88 Å². The summed E-state index contributed by atoms with van der Waals surface area (Å²) in [6, 6.07) is 2.85. The van der Waals surface area contributed by atoms with E-state index in [0.717, 1.165) is 0 Å². The predicted molar refractivity (Wildman–Crippen MR) is 71.8 cm³/mol. The number of piperidine rings is 1. The van der Waals surface area contributed by atoms with Crippen molar-refractivity contribution >= 4 is 29.9 Å². The molecule has 0 bridgehead atoms.